The van der Waals surface area contributed by atoms with E-state index in [2.05, 4.69) is 27.5 Å². The molecule has 106 valence electrons. The van der Waals surface area contributed by atoms with Gasteiger partial charge in [0.15, 0.2) is 0 Å². The minimum absolute atomic E-state index is 0.129. The molecule has 0 spiro atoms. The summed E-state index contributed by atoms with van der Waals surface area (Å²) in [5.74, 6) is 1.28. The van der Waals surface area contributed by atoms with Crippen LogP contribution in [0, 0.1) is 5.41 Å². The highest BCUT2D eigenvalue weighted by molar-refractivity contribution is 5.28. The Hall–Kier alpha value is -1.36. The second-order valence-corrected chi connectivity index (χ2v) is 5.80. The molecule has 5 heteroatoms. The van der Waals surface area contributed by atoms with Gasteiger partial charge < -0.3 is 15.4 Å². The summed E-state index contributed by atoms with van der Waals surface area (Å²) in [6, 6.07) is 1.79. The van der Waals surface area contributed by atoms with Crippen LogP contribution >= 0.6 is 0 Å². The van der Waals surface area contributed by atoms with E-state index in [0.29, 0.717) is 17.2 Å². The number of rotatable bonds is 5. The molecule has 2 rings (SSSR count). The van der Waals surface area contributed by atoms with Gasteiger partial charge in [-0.2, -0.15) is 4.98 Å². The monoisotopic (exact) mass is 264 g/mol. The van der Waals surface area contributed by atoms with Crippen molar-refractivity contribution in [2.24, 2.45) is 5.41 Å². The molecule has 2 N–H and O–H groups in total. The quantitative estimate of drug-likeness (QED) is 0.852. The summed E-state index contributed by atoms with van der Waals surface area (Å²) in [6.07, 6.45) is 4.23. The summed E-state index contributed by atoms with van der Waals surface area (Å²) in [6.45, 7) is 9.39. The summed E-state index contributed by atoms with van der Waals surface area (Å²) < 4.78 is 5.57. The lowest BCUT2D eigenvalue weighted by atomic mass is 9.81. The largest absolute Gasteiger partial charge is 0.475 e. The van der Waals surface area contributed by atoms with E-state index in [4.69, 9.17) is 4.74 Å². The van der Waals surface area contributed by atoms with Crippen molar-refractivity contribution in [1.29, 1.82) is 0 Å². The van der Waals surface area contributed by atoms with E-state index in [1.165, 1.54) is 12.8 Å². The van der Waals surface area contributed by atoms with Crippen LogP contribution in [0.2, 0.25) is 0 Å². The number of ether oxygens (including phenoxy) is 1. The van der Waals surface area contributed by atoms with Crippen LogP contribution in [0.25, 0.3) is 0 Å². The number of nitrogens with zero attached hydrogens (tertiary/aromatic N) is 2. The first kappa shape index (κ1) is 14.1. The zero-order valence-corrected chi connectivity index (χ0v) is 12.1. The molecular formula is C14H24N4O. The smallest absolute Gasteiger partial charge is 0.225 e. The third kappa shape index (κ3) is 4.35. The predicted molar refractivity (Wildman–Crippen MR) is 76.5 cm³/mol. The maximum atomic E-state index is 5.57. The minimum Gasteiger partial charge on any atom is -0.475 e. The first-order chi connectivity index (χ1) is 9.07. The Kier molecular flexibility index (Phi) is 4.58. The van der Waals surface area contributed by atoms with Gasteiger partial charge in [0.1, 0.15) is 0 Å². The van der Waals surface area contributed by atoms with Crippen molar-refractivity contribution in [3.8, 4) is 5.88 Å². The van der Waals surface area contributed by atoms with Crippen molar-refractivity contribution >= 4 is 5.95 Å². The average molecular weight is 264 g/mol. The van der Waals surface area contributed by atoms with E-state index in [1.54, 1.807) is 12.3 Å². The third-order valence-electron chi connectivity index (χ3n) is 3.47. The van der Waals surface area contributed by atoms with Crippen LogP contribution in [-0.2, 0) is 0 Å². The fraction of sp³-hybridized carbons (Fsp3) is 0.714. The lowest BCUT2D eigenvalue weighted by molar-refractivity contribution is 0.231. The van der Waals surface area contributed by atoms with Gasteiger partial charge in [-0.1, -0.05) is 6.92 Å². The standard InChI is InChI=1S/C14H24N4O/c1-11(2)19-12-4-7-16-13(18-12)17-10-14(3)5-8-15-9-6-14/h4,7,11,15H,5-6,8-10H2,1-3H3,(H,16,17,18). The number of aromatic nitrogens is 2. The lowest BCUT2D eigenvalue weighted by Crippen LogP contribution is -2.39. The highest BCUT2D eigenvalue weighted by atomic mass is 16.5. The summed E-state index contributed by atoms with van der Waals surface area (Å²) in [5, 5.41) is 6.73. The molecule has 0 bridgehead atoms. The van der Waals surface area contributed by atoms with Crippen LogP contribution in [0.4, 0.5) is 5.95 Å². The van der Waals surface area contributed by atoms with Crippen LogP contribution < -0.4 is 15.4 Å². The molecule has 2 heterocycles. The van der Waals surface area contributed by atoms with Crippen molar-refractivity contribution in [2.75, 3.05) is 25.0 Å². The molecule has 0 amide bonds. The normalized spacial score (nSPS) is 18.3. The summed E-state index contributed by atoms with van der Waals surface area (Å²) in [5.41, 5.74) is 0.323. The summed E-state index contributed by atoms with van der Waals surface area (Å²) >= 11 is 0. The molecule has 1 aromatic heterocycles. The van der Waals surface area contributed by atoms with Gasteiger partial charge in [0.2, 0.25) is 11.8 Å². The van der Waals surface area contributed by atoms with Gasteiger partial charge in [0.25, 0.3) is 0 Å². The Morgan fingerprint density at radius 2 is 2.16 bits per heavy atom. The van der Waals surface area contributed by atoms with Crippen LogP contribution in [0.5, 0.6) is 5.88 Å². The third-order valence-corrected chi connectivity index (χ3v) is 3.47. The first-order valence-corrected chi connectivity index (χ1v) is 7.02. The van der Waals surface area contributed by atoms with Crippen LogP contribution in [0.15, 0.2) is 12.3 Å². The molecule has 1 saturated heterocycles. The van der Waals surface area contributed by atoms with Crippen molar-refractivity contribution in [2.45, 2.75) is 39.7 Å². The van der Waals surface area contributed by atoms with E-state index >= 15 is 0 Å². The SMILES string of the molecule is CC(C)Oc1ccnc(NCC2(C)CCNCC2)n1. The fourth-order valence-corrected chi connectivity index (χ4v) is 2.23. The van der Waals surface area contributed by atoms with Gasteiger partial charge in [-0.05, 0) is 45.2 Å². The van der Waals surface area contributed by atoms with Crippen molar-refractivity contribution in [3.63, 3.8) is 0 Å². The van der Waals surface area contributed by atoms with Crippen molar-refractivity contribution < 1.29 is 4.74 Å². The van der Waals surface area contributed by atoms with Gasteiger partial charge in [0, 0.05) is 18.8 Å². The van der Waals surface area contributed by atoms with E-state index in [-0.39, 0.29) is 6.10 Å². The molecule has 19 heavy (non-hydrogen) atoms. The van der Waals surface area contributed by atoms with Gasteiger partial charge in [-0.15, -0.1) is 0 Å². The van der Waals surface area contributed by atoms with Crippen LogP contribution in [0.3, 0.4) is 0 Å². The van der Waals surface area contributed by atoms with Crippen molar-refractivity contribution in [1.82, 2.24) is 15.3 Å². The second-order valence-electron chi connectivity index (χ2n) is 5.80. The molecule has 1 aromatic rings. The lowest BCUT2D eigenvalue weighted by Gasteiger charge is -2.34. The molecule has 0 aliphatic carbocycles. The fourth-order valence-electron chi connectivity index (χ4n) is 2.23. The highest BCUT2D eigenvalue weighted by Crippen LogP contribution is 2.27. The molecule has 0 unspecified atom stereocenters. The second kappa shape index (κ2) is 6.19. The van der Waals surface area contributed by atoms with Crippen molar-refractivity contribution in [3.05, 3.63) is 12.3 Å². The van der Waals surface area contributed by atoms with Gasteiger partial charge in [-0.3, -0.25) is 0 Å². The molecule has 0 aromatic carbocycles. The number of piperidine rings is 1. The molecule has 5 nitrogen and oxygen atoms in total. The number of nitrogens with one attached hydrogen (secondary N) is 2. The first-order valence-electron chi connectivity index (χ1n) is 7.02. The Balaban J connectivity index is 1.91. The molecule has 1 aliphatic heterocycles. The number of hydrogen-bond acceptors (Lipinski definition) is 5. The number of anilines is 1. The maximum absolute atomic E-state index is 5.57. The minimum atomic E-state index is 0.129. The zero-order chi connectivity index (χ0) is 13.7. The predicted octanol–water partition coefficient (Wildman–Crippen LogP) is 2.07. The van der Waals surface area contributed by atoms with E-state index in [0.717, 1.165) is 19.6 Å². The maximum Gasteiger partial charge on any atom is 0.225 e. The van der Waals surface area contributed by atoms with Crippen LogP contribution in [0.1, 0.15) is 33.6 Å². The summed E-state index contributed by atoms with van der Waals surface area (Å²) in [7, 11) is 0. The Morgan fingerprint density at radius 3 is 2.84 bits per heavy atom. The van der Waals surface area contributed by atoms with Gasteiger partial charge in [0.05, 0.1) is 6.10 Å². The number of hydrogen-bond donors (Lipinski definition) is 2. The molecule has 0 radical (unpaired) electrons. The van der Waals surface area contributed by atoms with E-state index < -0.39 is 0 Å². The Morgan fingerprint density at radius 1 is 1.42 bits per heavy atom. The topological polar surface area (TPSA) is 59.1 Å². The Labute approximate surface area is 115 Å². The van der Waals surface area contributed by atoms with Gasteiger partial charge >= 0.3 is 0 Å². The molecule has 1 fully saturated rings. The summed E-state index contributed by atoms with van der Waals surface area (Å²) in [4.78, 5) is 8.61. The van der Waals surface area contributed by atoms with E-state index in [9.17, 15) is 0 Å². The molecular weight excluding hydrogens is 240 g/mol. The molecule has 1 aliphatic rings. The molecule has 0 atom stereocenters. The van der Waals surface area contributed by atoms with Gasteiger partial charge in [-0.25, -0.2) is 4.98 Å². The molecule has 0 saturated carbocycles. The Bertz CT molecular complexity index is 402. The average Bonchev–Trinajstić information content (AvgIpc) is 2.37. The van der Waals surface area contributed by atoms with E-state index in [1.807, 2.05) is 13.8 Å². The van der Waals surface area contributed by atoms with Crippen LogP contribution in [-0.4, -0.2) is 35.7 Å². The zero-order valence-electron chi connectivity index (χ0n) is 12.1. The highest BCUT2D eigenvalue weighted by Gasteiger charge is 2.26.